The number of carbonyl (C=O) groups is 2. The van der Waals surface area contributed by atoms with Crippen molar-refractivity contribution in [2.24, 2.45) is 5.41 Å². The van der Waals surface area contributed by atoms with Gasteiger partial charge in [0, 0.05) is 16.0 Å². The molecular weight excluding hydrogens is 502 g/mol. The molecule has 0 bridgehead atoms. The summed E-state index contributed by atoms with van der Waals surface area (Å²) in [6.07, 6.45) is -8.16. The van der Waals surface area contributed by atoms with E-state index in [0.717, 1.165) is 6.08 Å². The summed E-state index contributed by atoms with van der Waals surface area (Å²) in [6, 6.07) is 2.41. The highest BCUT2D eigenvalue weighted by Crippen LogP contribution is 2.42. The SMILES string of the molecule is CC(C)(COC(=O)OCOC(=O)C1=Cc2cc(Cl)cc(Cl)c2O[C@@H]1C(F)(F)F)CO[N+](=O)[O-]. The fourth-order valence-electron chi connectivity index (χ4n) is 2.42. The second-order valence-corrected chi connectivity index (χ2v) is 8.18. The number of halogens is 5. The summed E-state index contributed by atoms with van der Waals surface area (Å²) in [4.78, 5) is 38.2. The highest BCUT2D eigenvalue weighted by atomic mass is 35.5. The van der Waals surface area contributed by atoms with Crippen LogP contribution in [0.25, 0.3) is 6.08 Å². The highest BCUT2D eigenvalue weighted by Gasteiger charge is 2.49. The van der Waals surface area contributed by atoms with Gasteiger partial charge in [0.15, 0.2) is 0 Å². The minimum absolute atomic E-state index is 0.0134. The van der Waals surface area contributed by atoms with Crippen LogP contribution < -0.4 is 4.74 Å². The van der Waals surface area contributed by atoms with Crippen LogP contribution in [0.4, 0.5) is 18.0 Å². The van der Waals surface area contributed by atoms with Gasteiger partial charge in [-0.25, -0.2) is 9.59 Å². The van der Waals surface area contributed by atoms with E-state index in [2.05, 4.69) is 14.3 Å². The van der Waals surface area contributed by atoms with Crippen molar-refractivity contribution < 1.29 is 51.6 Å². The van der Waals surface area contributed by atoms with E-state index in [1.165, 1.54) is 26.0 Å². The topological polar surface area (TPSA) is 123 Å². The molecule has 0 spiro atoms. The first kappa shape index (κ1) is 26.3. The van der Waals surface area contributed by atoms with Crippen LogP contribution in [-0.2, 0) is 23.8 Å². The fourth-order valence-corrected chi connectivity index (χ4v) is 2.98. The van der Waals surface area contributed by atoms with Crippen molar-refractivity contribution in [1.82, 2.24) is 0 Å². The number of hydrogen-bond donors (Lipinski definition) is 0. The number of ether oxygens (including phenoxy) is 4. The zero-order valence-electron chi connectivity index (χ0n) is 16.9. The lowest BCUT2D eigenvalue weighted by atomic mass is 9.97. The molecule has 1 aromatic carbocycles. The van der Waals surface area contributed by atoms with Gasteiger partial charge in [-0.15, -0.1) is 10.1 Å². The minimum Gasteiger partial charge on any atom is -0.474 e. The Bertz CT molecular complexity index is 966. The van der Waals surface area contributed by atoms with E-state index in [0.29, 0.717) is 0 Å². The molecule has 1 atom stereocenters. The van der Waals surface area contributed by atoms with Gasteiger partial charge < -0.3 is 23.8 Å². The molecular formula is C18H16Cl2F3NO9. The van der Waals surface area contributed by atoms with Crippen LogP contribution in [0, 0.1) is 15.5 Å². The Balaban J connectivity index is 1.99. The maximum atomic E-state index is 13.4. The maximum Gasteiger partial charge on any atom is 0.511 e. The summed E-state index contributed by atoms with van der Waals surface area (Å²) < 4.78 is 58.9. The van der Waals surface area contributed by atoms with Gasteiger partial charge in [0.2, 0.25) is 12.9 Å². The summed E-state index contributed by atoms with van der Waals surface area (Å²) in [5.74, 6) is -1.80. The second-order valence-electron chi connectivity index (χ2n) is 7.34. The van der Waals surface area contributed by atoms with E-state index < -0.39 is 47.3 Å². The van der Waals surface area contributed by atoms with Crippen molar-refractivity contribution in [3.8, 4) is 5.75 Å². The number of hydrogen-bond acceptors (Lipinski definition) is 9. The molecule has 0 unspecified atom stereocenters. The number of alkyl halides is 3. The molecule has 0 saturated heterocycles. The Kier molecular flexibility index (Phi) is 8.25. The normalized spacial score (nSPS) is 15.5. The maximum absolute atomic E-state index is 13.4. The number of carbonyl (C=O) groups excluding carboxylic acids is 2. The Morgan fingerprint density at radius 1 is 1.15 bits per heavy atom. The molecule has 0 aliphatic carbocycles. The Hall–Kier alpha value is -2.93. The third-order valence-corrected chi connectivity index (χ3v) is 4.41. The predicted molar refractivity (Wildman–Crippen MR) is 105 cm³/mol. The molecule has 0 N–H and O–H groups in total. The van der Waals surface area contributed by atoms with Crippen LogP contribution in [0.5, 0.6) is 5.75 Å². The fraction of sp³-hybridized carbons (Fsp3) is 0.444. The average molecular weight is 518 g/mol. The van der Waals surface area contributed by atoms with E-state index in [-0.39, 0.29) is 34.6 Å². The first-order valence-electron chi connectivity index (χ1n) is 8.87. The van der Waals surface area contributed by atoms with Gasteiger partial charge in [0.1, 0.15) is 19.0 Å². The first-order chi connectivity index (χ1) is 15.2. The Morgan fingerprint density at radius 3 is 2.42 bits per heavy atom. The predicted octanol–water partition coefficient (Wildman–Crippen LogP) is 4.59. The van der Waals surface area contributed by atoms with Gasteiger partial charge in [-0.05, 0) is 18.2 Å². The number of nitrogens with zero attached hydrogens (tertiary/aromatic N) is 1. The molecule has 10 nitrogen and oxygen atoms in total. The van der Waals surface area contributed by atoms with Crippen molar-refractivity contribution in [3.63, 3.8) is 0 Å². The number of rotatable bonds is 8. The van der Waals surface area contributed by atoms with Crippen molar-refractivity contribution in [1.29, 1.82) is 0 Å². The molecule has 1 aliphatic heterocycles. The van der Waals surface area contributed by atoms with Gasteiger partial charge in [-0.3, -0.25) is 0 Å². The molecule has 15 heteroatoms. The quantitative estimate of drug-likeness (QED) is 0.210. The van der Waals surface area contributed by atoms with E-state index in [1.807, 2.05) is 0 Å². The van der Waals surface area contributed by atoms with Gasteiger partial charge in [-0.2, -0.15) is 13.2 Å². The molecule has 2 rings (SSSR count). The van der Waals surface area contributed by atoms with Crippen LogP contribution in [-0.4, -0.2) is 49.5 Å². The van der Waals surface area contributed by atoms with E-state index in [9.17, 15) is 32.9 Å². The van der Waals surface area contributed by atoms with E-state index in [1.54, 1.807) is 0 Å². The van der Waals surface area contributed by atoms with Crippen LogP contribution in [0.3, 0.4) is 0 Å². The first-order valence-corrected chi connectivity index (χ1v) is 9.63. The Labute approximate surface area is 194 Å². The molecule has 1 heterocycles. The van der Waals surface area contributed by atoms with Crippen LogP contribution in [0.2, 0.25) is 10.0 Å². The number of benzene rings is 1. The summed E-state index contributed by atoms with van der Waals surface area (Å²) in [5.41, 5.74) is -1.87. The minimum atomic E-state index is -5.00. The average Bonchev–Trinajstić information content (AvgIpc) is 2.69. The molecule has 0 saturated carbocycles. The van der Waals surface area contributed by atoms with Gasteiger partial charge >= 0.3 is 18.3 Å². The van der Waals surface area contributed by atoms with Crippen LogP contribution >= 0.6 is 23.2 Å². The Morgan fingerprint density at radius 2 is 1.82 bits per heavy atom. The molecule has 0 radical (unpaired) electrons. The van der Waals surface area contributed by atoms with Crippen molar-refractivity contribution in [2.45, 2.75) is 26.1 Å². The van der Waals surface area contributed by atoms with Gasteiger partial charge in [0.05, 0.1) is 10.6 Å². The van der Waals surface area contributed by atoms with Crippen molar-refractivity contribution in [2.75, 3.05) is 20.0 Å². The summed E-state index contributed by atoms with van der Waals surface area (Å²) in [5, 5.41) is 9.10. The van der Waals surface area contributed by atoms with Crippen molar-refractivity contribution >= 4 is 41.4 Å². The molecule has 33 heavy (non-hydrogen) atoms. The molecule has 182 valence electrons. The van der Waals surface area contributed by atoms with Crippen LogP contribution in [0.15, 0.2) is 17.7 Å². The smallest absolute Gasteiger partial charge is 0.474 e. The number of esters is 1. The standard InChI is InChI=1S/C18H16Cl2F3NO9/c1-17(2,7-32-24(27)28)6-29-16(26)31-8-30-15(25)11-4-9-3-10(19)5-12(20)13(9)33-14(11)18(21,22)23/h3-5,14H,6-8H2,1-2H3/t14-/m0/s1. The molecule has 1 aliphatic rings. The third-order valence-electron chi connectivity index (χ3n) is 3.91. The van der Waals surface area contributed by atoms with E-state index in [4.69, 9.17) is 32.7 Å². The van der Waals surface area contributed by atoms with E-state index >= 15 is 0 Å². The molecule has 1 aromatic rings. The zero-order chi connectivity index (χ0) is 25.0. The molecule has 0 amide bonds. The summed E-state index contributed by atoms with van der Waals surface area (Å²) in [6.45, 7) is 1.17. The zero-order valence-corrected chi connectivity index (χ0v) is 18.5. The second kappa shape index (κ2) is 10.3. The monoisotopic (exact) mass is 517 g/mol. The van der Waals surface area contributed by atoms with Gasteiger partial charge in [0.25, 0.3) is 5.09 Å². The summed E-state index contributed by atoms with van der Waals surface area (Å²) >= 11 is 11.7. The highest BCUT2D eigenvalue weighted by molar-refractivity contribution is 6.36. The number of fused-ring (bicyclic) bond motifs is 1. The van der Waals surface area contributed by atoms with Crippen molar-refractivity contribution in [3.05, 3.63) is 43.4 Å². The molecule has 0 fully saturated rings. The lowest BCUT2D eigenvalue weighted by molar-refractivity contribution is -0.760. The van der Waals surface area contributed by atoms with Gasteiger partial charge in [-0.1, -0.05) is 37.0 Å². The third kappa shape index (κ3) is 7.56. The largest absolute Gasteiger partial charge is 0.511 e. The lowest BCUT2D eigenvalue weighted by Crippen LogP contribution is -2.41. The van der Waals surface area contributed by atoms with Crippen LogP contribution in [0.1, 0.15) is 19.4 Å². The lowest BCUT2D eigenvalue weighted by Gasteiger charge is -2.28. The summed E-state index contributed by atoms with van der Waals surface area (Å²) in [7, 11) is 0. The molecule has 0 aromatic heterocycles.